The number of carbonyl (C=O) groups excluding carboxylic acids is 1. The predicted octanol–water partition coefficient (Wildman–Crippen LogP) is 1.28. The summed E-state index contributed by atoms with van der Waals surface area (Å²) in [4.78, 5) is 13.9. The van der Waals surface area contributed by atoms with Gasteiger partial charge >= 0.3 is 0 Å². The number of hydrogen-bond acceptors (Lipinski definition) is 3. The van der Waals surface area contributed by atoms with Crippen LogP contribution in [0.2, 0.25) is 0 Å². The van der Waals surface area contributed by atoms with E-state index in [1.54, 1.807) is 0 Å². The van der Waals surface area contributed by atoms with E-state index in [2.05, 4.69) is 5.32 Å². The van der Waals surface area contributed by atoms with Crippen molar-refractivity contribution in [3.05, 3.63) is 30.3 Å². The average Bonchev–Trinajstić information content (AvgIpc) is 2.42. The number of benzene rings is 1. The molecular formula is C14H20N2O2. The van der Waals surface area contributed by atoms with Crippen molar-refractivity contribution < 1.29 is 9.53 Å². The van der Waals surface area contributed by atoms with Gasteiger partial charge in [-0.2, -0.15) is 0 Å². The third-order valence-electron chi connectivity index (χ3n) is 3.16. The van der Waals surface area contributed by atoms with Gasteiger partial charge in [-0.25, -0.2) is 0 Å². The highest BCUT2D eigenvalue weighted by Gasteiger charge is 2.26. The van der Waals surface area contributed by atoms with Crippen LogP contribution in [0, 0.1) is 0 Å². The molecule has 0 saturated carbocycles. The maximum absolute atomic E-state index is 12.0. The fourth-order valence-corrected chi connectivity index (χ4v) is 2.12. The van der Waals surface area contributed by atoms with Crippen molar-refractivity contribution in [2.75, 3.05) is 26.2 Å². The smallest absolute Gasteiger partial charge is 0.239 e. The lowest BCUT2D eigenvalue weighted by Crippen LogP contribution is -2.55. The second kappa shape index (κ2) is 6.40. The van der Waals surface area contributed by atoms with Gasteiger partial charge in [0.1, 0.15) is 12.4 Å². The first-order chi connectivity index (χ1) is 8.81. The van der Waals surface area contributed by atoms with Crippen molar-refractivity contribution in [2.24, 2.45) is 0 Å². The van der Waals surface area contributed by atoms with Crippen LogP contribution in [0.25, 0.3) is 0 Å². The first-order valence-corrected chi connectivity index (χ1v) is 6.51. The Morgan fingerprint density at radius 3 is 2.89 bits per heavy atom. The Hall–Kier alpha value is -1.55. The highest BCUT2D eigenvalue weighted by molar-refractivity contribution is 5.82. The molecule has 1 N–H and O–H groups in total. The van der Waals surface area contributed by atoms with Gasteiger partial charge in [-0.1, -0.05) is 25.1 Å². The maximum atomic E-state index is 12.0. The molecule has 1 aromatic rings. The Morgan fingerprint density at radius 2 is 2.17 bits per heavy atom. The number of amides is 1. The van der Waals surface area contributed by atoms with E-state index in [-0.39, 0.29) is 11.9 Å². The van der Waals surface area contributed by atoms with Gasteiger partial charge in [-0.05, 0) is 18.6 Å². The molecule has 1 aliphatic heterocycles. The van der Waals surface area contributed by atoms with Crippen LogP contribution in [0.15, 0.2) is 30.3 Å². The number of nitrogens with one attached hydrogen (secondary N) is 1. The van der Waals surface area contributed by atoms with Crippen LogP contribution < -0.4 is 10.1 Å². The number of nitrogens with zero attached hydrogens (tertiary/aromatic N) is 1. The van der Waals surface area contributed by atoms with Gasteiger partial charge in [0.05, 0.1) is 12.6 Å². The second-order valence-electron chi connectivity index (χ2n) is 4.40. The molecule has 98 valence electrons. The zero-order valence-corrected chi connectivity index (χ0v) is 10.8. The summed E-state index contributed by atoms with van der Waals surface area (Å²) in [5, 5.41) is 3.22. The molecule has 1 unspecified atom stereocenters. The molecule has 4 nitrogen and oxygen atoms in total. The molecule has 18 heavy (non-hydrogen) atoms. The summed E-state index contributed by atoms with van der Waals surface area (Å²) in [6, 6.07) is 9.67. The number of para-hydroxylation sites is 1. The monoisotopic (exact) mass is 248 g/mol. The number of hydrogen-bond donors (Lipinski definition) is 1. The van der Waals surface area contributed by atoms with Crippen LogP contribution in [-0.2, 0) is 4.79 Å². The van der Waals surface area contributed by atoms with E-state index < -0.39 is 0 Å². The van der Waals surface area contributed by atoms with Gasteiger partial charge in [0.25, 0.3) is 0 Å². The number of carbonyl (C=O) groups is 1. The summed E-state index contributed by atoms with van der Waals surface area (Å²) in [5.74, 6) is 1.05. The summed E-state index contributed by atoms with van der Waals surface area (Å²) in [7, 11) is 0. The fourth-order valence-electron chi connectivity index (χ4n) is 2.12. The highest BCUT2D eigenvalue weighted by Crippen LogP contribution is 2.09. The van der Waals surface area contributed by atoms with E-state index in [9.17, 15) is 4.79 Å². The highest BCUT2D eigenvalue weighted by atomic mass is 16.5. The Labute approximate surface area is 108 Å². The third-order valence-corrected chi connectivity index (χ3v) is 3.16. The Balaban J connectivity index is 1.78. The molecule has 4 heteroatoms. The van der Waals surface area contributed by atoms with Crippen LogP contribution >= 0.6 is 0 Å². The molecule has 1 heterocycles. The molecule has 1 aromatic carbocycles. The zero-order chi connectivity index (χ0) is 12.8. The van der Waals surface area contributed by atoms with E-state index >= 15 is 0 Å². The van der Waals surface area contributed by atoms with Gasteiger partial charge in [-0.3, -0.25) is 4.79 Å². The largest absolute Gasteiger partial charge is 0.492 e. The van der Waals surface area contributed by atoms with Gasteiger partial charge in [0, 0.05) is 13.1 Å². The number of ether oxygens (including phenoxy) is 1. The van der Waals surface area contributed by atoms with Crippen molar-refractivity contribution in [1.29, 1.82) is 0 Å². The van der Waals surface area contributed by atoms with Gasteiger partial charge in [0.15, 0.2) is 0 Å². The normalized spacial score (nSPS) is 19.9. The lowest BCUT2D eigenvalue weighted by atomic mass is 10.1. The molecule has 1 saturated heterocycles. The molecule has 0 bridgehead atoms. The van der Waals surface area contributed by atoms with E-state index in [1.165, 1.54) is 0 Å². The minimum atomic E-state index is -0.0181. The first-order valence-electron chi connectivity index (χ1n) is 6.51. The molecule has 2 rings (SSSR count). The van der Waals surface area contributed by atoms with Gasteiger partial charge < -0.3 is 15.0 Å². The average molecular weight is 248 g/mol. The van der Waals surface area contributed by atoms with Crippen LogP contribution in [-0.4, -0.2) is 43.1 Å². The Kier molecular flexibility index (Phi) is 4.59. The molecule has 0 aliphatic carbocycles. The van der Waals surface area contributed by atoms with E-state index in [0.29, 0.717) is 13.2 Å². The van der Waals surface area contributed by atoms with Crippen LogP contribution in [0.3, 0.4) is 0 Å². The quantitative estimate of drug-likeness (QED) is 0.853. The SMILES string of the molecule is CCC1NCCN(CCOc2ccccc2)C1=O. The van der Waals surface area contributed by atoms with Gasteiger partial charge in [0.2, 0.25) is 5.91 Å². The number of piperazine rings is 1. The molecule has 1 aliphatic rings. The standard InChI is InChI=1S/C14H20N2O2/c1-2-13-14(17)16(9-8-15-13)10-11-18-12-6-4-3-5-7-12/h3-7,13,15H,2,8-11H2,1H3. The minimum absolute atomic E-state index is 0.0181. The van der Waals surface area contributed by atoms with Gasteiger partial charge in [-0.15, -0.1) is 0 Å². The summed E-state index contributed by atoms with van der Waals surface area (Å²) >= 11 is 0. The summed E-state index contributed by atoms with van der Waals surface area (Å²) < 4.78 is 5.61. The van der Waals surface area contributed by atoms with E-state index in [0.717, 1.165) is 25.3 Å². The van der Waals surface area contributed by atoms with Crippen LogP contribution in [0.4, 0.5) is 0 Å². The van der Waals surface area contributed by atoms with Crippen LogP contribution in [0.5, 0.6) is 5.75 Å². The fraction of sp³-hybridized carbons (Fsp3) is 0.500. The molecule has 1 atom stereocenters. The summed E-state index contributed by atoms with van der Waals surface area (Å²) in [5.41, 5.74) is 0. The molecular weight excluding hydrogens is 228 g/mol. The summed E-state index contributed by atoms with van der Waals surface area (Å²) in [6.07, 6.45) is 0.842. The van der Waals surface area contributed by atoms with Crippen molar-refractivity contribution in [1.82, 2.24) is 10.2 Å². The lowest BCUT2D eigenvalue weighted by molar-refractivity contribution is -0.136. The summed E-state index contributed by atoms with van der Waals surface area (Å²) in [6.45, 7) is 4.88. The molecule has 1 fully saturated rings. The minimum Gasteiger partial charge on any atom is -0.492 e. The van der Waals surface area contributed by atoms with Crippen molar-refractivity contribution >= 4 is 5.91 Å². The predicted molar refractivity (Wildman–Crippen MR) is 70.6 cm³/mol. The first kappa shape index (κ1) is 12.9. The van der Waals surface area contributed by atoms with E-state index in [1.807, 2.05) is 42.2 Å². The lowest BCUT2D eigenvalue weighted by Gasteiger charge is -2.32. The third kappa shape index (κ3) is 3.23. The molecule has 0 spiro atoms. The molecule has 1 amide bonds. The Bertz CT molecular complexity index is 381. The number of rotatable bonds is 5. The van der Waals surface area contributed by atoms with Crippen LogP contribution in [0.1, 0.15) is 13.3 Å². The molecule has 0 radical (unpaired) electrons. The van der Waals surface area contributed by atoms with E-state index in [4.69, 9.17) is 4.74 Å². The topological polar surface area (TPSA) is 41.6 Å². The van der Waals surface area contributed by atoms with Crippen molar-refractivity contribution in [3.63, 3.8) is 0 Å². The zero-order valence-electron chi connectivity index (χ0n) is 10.8. The Morgan fingerprint density at radius 1 is 1.39 bits per heavy atom. The second-order valence-corrected chi connectivity index (χ2v) is 4.40. The van der Waals surface area contributed by atoms with Crippen molar-refractivity contribution in [2.45, 2.75) is 19.4 Å². The molecule has 0 aromatic heterocycles. The van der Waals surface area contributed by atoms with Crippen molar-refractivity contribution in [3.8, 4) is 5.75 Å². The maximum Gasteiger partial charge on any atom is 0.239 e.